The first-order valence-corrected chi connectivity index (χ1v) is 7.47. The van der Waals surface area contributed by atoms with Crippen LogP contribution in [0.15, 0.2) is 41.3 Å². The summed E-state index contributed by atoms with van der Waals surface area (Å²) in [4.78, 5) is -0.0935. The Morgan fingerprint density at radius 1 is 0.952 bits per heavy atom. The maximum atomic E-state index is 13.1. The van der Waals surface area contributed by atoms with Crippen LogP contribution in [-0.4, -0.2) is 8.42 Å². The molecule has 3 nitrogen and oxygen atoms in total. The summed E-state index contributed by atoms with van der Waals surface area (Å²) < 4.78 is 65.2. The molecule has 0 saturated carbocycles. The van der Waals surface area contributed by atoms with Crippen LogP contribution in [-0.2, 0) is 16.6 Å². The van der Waals surface area contributed by atoms with Crippen LogP contribution in [0.2, 0.25) is 0 Å². The maximum Gasteiger partial charge on any atom is 0.240 e. The van der Waals surface area contributed by atoms with E-state index in [0.717, 1.165) is 24.3 Å². The predicted octanol–water partition coefficient (Wildman–Crippen LogP) is 2.89. The van der Waals surface area contributed by atoms with Gasteiger partial charge in [0.15, 0.2) is 11.6 Å². The third-order valence-corrected chi connectivity index (χ3v) is 4.29. The number of rotatable bonds is 4. The molecule has 0 aromatic heterocycles. The number of hydrogen-bond donors (Lipinski definition) is 1. The number of nitrogens with one attached hydrogen (secondary N) is 1. The number of hydrogen-bond acceptors (Lipinski definition) is 2. The van der Waals surface area contributed by atoms with Gasteiger partial charge >= 0.3 is 0 Å². The number of halogens is 3. The molecule has 112 valence electrons. The van der Waals surface area contributed by atoms with Crippen LogP contribution in [0.25, 0.3) is 0 Å². The van der Waals surface area contributed by atoms with Crippen LogP contribution in [0.4, 0.5) is 13.2 Å². The molecule has 2 aromatic rings. The first-order chi connectivity index (χ1) is 9.79. The van der Waals surface area contributed by atoms with Crippen LogP contribution in [0.5, 0.6) is 0 Å². The summed E-state index contributed by atoms with van der Waals surface area (Å²) >= 11 is 0. The zero-order valence-corrected chi connectivity index (χ0v) is 11.8. The summed E-state index contributed by atoms with van der Waals surface area (Å²) in [6.45, 7) is 1.25. The Labute approximate surface area is 120 Å². The van der Waals surface area contributed by atoms with Gasteiger partial charge in [-0.05, 0) is 48.4 Å². The summed E-state index contributed by atoms with van der Waals surface area (Å²) in [5.74, 6) is -2.56. The van der Waals surface area contributed by atoms with Crippen molar-refractivity contribution in [3.63, 3.8) is 0 Å². The molecule has 21 heavy (non-hydrogen) atoms. The van der Waals surface area contributed by atoms with Gasteiger partial charge in [0.25, 0.3) is 0 Å². The molecule has 7 heteroatoms. The molecular weight excluding hydrogens is 303 g/mol. The molecule has 1 N–H and O–H groups in total. The van der Waals surface area contributed by atoms with Crippen molar-refractivity contribution in [1.29, 1.82) is 0 Å². The minimum Gasteiger partial charge on any atom is -0.207 e. The Bertz CT molecular complexity index is 776. The van der Waals surface area contributed by atoms with Gasteiger partial charge in [-0.15, -0.1) is 0 Å². The molecule has 0 aliphatic carbocycles. The molecule has 2 aromatic carbocycles. The molecule has 0 fully saturated rings. The van der Waals surface area contributed by atoms with Crippen molar-refractivity contribution in [1.82, 2.24) is 4.72 Å². The predicted molar refractivity (Wildman–Crippen MR) is 71.5 cm³/mol. The maximum absolute atomic E-state index is 13.1. The summed E-state index contributed by atoms with van der Waals surface area (Å²) in [7, 11) is -3.85. The van der Waals surface area contributed by atoms with Crippen molar-refractivity contribution in [2.24, 2.45) is 0 Å². The second-order valence-corrected chi connectivity index (χ2v) is 6.25. The molecule has 0 amide bonds. The lowest BCUT2D eigenvalue weighted by atomic mass is 10.2. The highest BCUT2D eigenvalue weighted by Gasteiger charge is 2.15. The average Bonchev–Trinajstić information content (AvgIpc) is 2.43. The van der Waals surface area contributed by atoms with Gasteiger partial charge < -0.3 is 0 Å². The monoisotopic (exact) mass is 315 g/mol. The zero-order valence-electron chi connectivity index (χ0n) is 11.0. The minimum atomic E-state index is -3.85. The number of sulfonamides is 1. The van der Waals surface area contributed by atoms with E-state index in [1.807, 2.05) is 0 Å². The van der Waals surface area contributed by atoms with E-state index in [4.69, 9.17) is 0 Å². The van der Waals surface area contributed by atoms with Crippen LogP contribution < -0.4 is 4.72 Å². The van der Waals surface area contributed by atoms with Crippen LogP contribution >= 0.6 is 0 Å². The van der Waals surface area contributed by atoms with E-state index in [9.17, 15) is 21.6 Å². The van der Waals surface area contributed by atoms with Crippen LogP contribution in [0.1, 0.15) is 11.1 Å². The average molecular weight is 315 g/mol. The van der Waals surface area contributed by atoms with Gasteiger partial charge in [-0.2, -0.15) is 0 Å². The van der Waals surface area contributed by atoms with Crippen molar-refractivity contribution in [2.45, 2.75) is 18.4 Å². The summed E-state index contributed by atoms with van der Waals surface area (Å²) in [6, 6.07) is 6.49. The van der Waals surface area contributed by atoms with Gasteiger partial charge in [-0.1, -0.05) is 6.07 Å². The van der Waals surface area contributed by atoms with E-state index < -0.39 is 27.5 Å². The fourth-order valence-electron chi connectivity index (χ4n) is 1.70. The molecule has 0 spiro atoms. The standard InChI is InChI=1S/C14H12F3NO2S/c1-9-6-11(3-5-12(9)15)21(19,20)18-8-10-2-4-13(16)14(17)7-10/h2-7,18H,8H2,1H3. The topological polar surface area (TPSA) is 46.2 Å². The van der Waals surface area contributed by atoms with Gasteiger partial charge in [0.05, 0.1) is 4.90 Å². The molecule has 0 saturated heterocycles. The van der Waals surface area contributed by atoms with Crippen molar-refractivity contribution in [2.75, 3.05) is 0 Å². The SMILES string of the molecule is Cc1cc(S(=O)(=O)NCc2ccc(F)c(F)c2)ccc1F. The number of benzene rings is 2. The molecule has 0 bridgehead atoms. The van der Waals surface area contributed by atoms with Crippen molar-refractivity contribution >= 4 is 10.0 Å². The first kappa shape index (κ1) is 15.5. The molecule has 0 heterocycles. The van der Waals surface area contributed by atoms with Gasteiger partial charge in [-0.25, -0.2) is 26.3 Å². The van der Waals surface area contributed by atoms with Gasteiger partial charge in [0.2, 0.25) is 10.0 Å². The zero-order chi connectivity index (χ0) is 15.6. The molecule has 0 atom stereocenters. The Kier molecular flexibility index (Phi) is 4.34. The fraction of sp³-hybridized carbons (Fsp3) is 0.143. The highest BCUT2D eigenvalue weighted by Crippen LogP contribution is 2.15. The summed E-state index contributed by atoms with van der Waals surface area (Å²) in [5.41, 5.74) is 0.474. The molecule has 0 aliphatic heterocycles. The highest BCUT2D eigenvalue weighted by molar-refractivity contribution is 7.89. The lowest BCUT2D eigenvalue weighted by Crippen LogP contribution is -2.23. The lowest BCUT2D eigenvalue weighted by Gasteiger charge is -2.08. The second kappa shape index (κ2) is 5.87. The largest absolute Gasteiger partial charge is 0.240 e. The summed E-state index contributed by atoms with van der Waals surface area (Å²) in [5, 5.41) is 0. The smallest absolute Gasteiger partial charge is 0.207 e. The quantitative estimate of drug-likeness (QED) is 0.943. The Balaban J connectivity index is 2.17. The Morgan fingerprint density at radius 2 is 1.62 bits per heavy atom. The third-order valence-electron chi connectivity index (χ3n) is 2.89. The van der Waals surface area contributed by atoms with Crippen LogP contribution in [0.3, 0.4) is 0 Å². The van der Waals surface area contributed by atoms with Crippen molar-refractivity contribution < 1.29 is 21.6 Å². The first-order valence-electron chi connectivity index (χ1n) is 5.99. The molecule has 0 aliphatic rings. The van der Waals surface area contributed by atoms with E-state index in [1.54, 1.807) is 0 Å². The lowest BCUT2D eigenvalue weighted by molar-refractivity contribution is 0.506. The molecule has 2 rings (SSSR count). The van der Waals surface area contributed by atoms with Gasteiger partial charge in [0, 0.05) is 6.54 Å². The second-order valence-electron chi connectivity index (χ2n) is 4.48. The number of aryl methyl sites for hydroxylation is 1. The Hall–Kier alpha value is -1.86. The van der Waals surface area contributed by atoms with E-state index >= 15 is 0 Å². The molecule has 0 radical (unpaired) electrons. The van der Waals surface area contributed by atoms with Gasteiger partial charge in [0.1, 0.15) is 5.82 Å². The summed E-state index contributed by atoms with van der Waals surface area (Å²) in [6.07, 6.45) is 0. The van der Waals surface area contributed by atoms with Gasteiger partial charge in [-0.3, -0.25) is 0 Å². The molecule has 0 unspecified atom stereocenters. The highest BCUT2D eigenvalue weighted by atomic mass is 32.2. The van der Waals surface area contributed by atoms with E-state index in [0.29, 0.717) is 0 Å². The van der Waals surface area contributed by atoms with Crippen molar-refractivity contribution in [3.05, 3.63) is 65.0 Å². The van der Waals surface area contributed by atoms with E-state index in [1.165, 1.54) is 19.1 Å². The van der Waals surface area contributed by atoms with E-state index in [-0.39, 0.29) is 22.6 Å². The fourth-order valence-corrected chi connectivity index (χ4v) is 2.80. The minimum absolute atomic E-state index is 0.0935. The van der Waals surface area contributed by atoms with Crippen LogP contribution in [0, 0.1) is 24.4 Å². The Morgan fingerprint density at radius 3 is 2.24 bits per heavy atom. The molecular formula is C14H12F3NO2S. The normalized spacial score (nSPS) is 11.6. The van der Waals surface area contributed by atoms with Crippen molar-refractivity contribution in [3.8, 4) is 0 Å². The third kappa shape index (κ3) is 3.62. The van der Waals surface area contributed by atoms with E-state index in [2.05, 4.69) is 4.72 Å².